The van der Waals surface area contributed by atoms with Gasteiger partial charge in [0, 0.05) is 83.2 Å². The molecule has 1 saturated carbocycles. The Bertz CT molecular complexity index is 5890. The van der Waals surface area contributed by atoms with E-state index < -0.39 is 5.95 Å². The highest BCUT2D eigenvalue weighted by Gasteiger charge is 2.32. The number of nitrogens with zero attached hydrogens (tertiary/aromatic N) is 18. The summed E-state index contributed by atoms with van der Waals surface area (Å²) >= 11 is 12.4. The summed E-state index contributed by atoms with van der Waals surface area (Å²) in [6.07, 6.45) is 18.1. The Hall–Kier alpha value is -10.9. The van der Waals surface area contributed by atoms with Gasteiger partial charge in [-0.2, -0.15) is 9.49 Å². The number of rotatable bonds is 10. The average Bonchev–Trinajstić information content (AvgIpc) is 1.65. The third-order valence-electron chi connectivity index (χ3n) is 21.7. The first kappa shape index (κ1) is 86.5. The Labute approximate surface area is 725 Å². The zero-order valence-corrected chi connectivity index (χ0v) is 71.2. The fourth-order valence-corrected chi connectivity index (χ4v) is 16.8. The van der Waals surface area contributed by atoms with Gasteiger partial charge in [-0.25, -0.2) is 69.9 Å². The molecule has 0 unspecified atom stereocenters. The molecule has 3 N–H and O–H groups in total. The predicted octanol–water partition coefficient (Wildman–Crippen LogP) is 19.4. The first-order valence-corrected chi connectivity index (χ1v) is 42.4. The SMILES string of the molecule is C1CNCCN1.Cc1cccc(F)n1.Cl.Clc1ccc2ncc(Br)n2n1.Fc1cccc(-c2cnc3ccc(N4CCC[C@@H]4c4cccc(F)c4)nn23)c1.Fc1cccc(C2CCCC2)c1.Fc1cccc([C@H]2CCCN2c2ccc3ncc(-c4cccc(N5CCNCC5)n4)n3n2)c1.Fc1cccc([C@H]2CCCN2c2ccc3ncc(Br)n3n2)c1. The van der Waals surface area contributed by atoms with E-state index in [9.17, 15) is 26.3 Å². The minimum Gasteiger partial charge on any atom is -0.354 e. The van der Waals surface area contributed by atoms with E-state index in [2.05, 4.69) is 109 Å². The fraction of sp³-hybridized carbons (Fsp3) is 0.289. The van der Waals surface area contributed by atoms with Crippen molar-refractivity contribution in [3.63, 3.8) is 0 Å². The van der Waals surface area contributed by atoms with Gasteiger partial charge in [0.25, 0.3) is 0 Å². The Morgan fingerprint density at radius 3 is 1.24 bits per heavy atom. The maximum Gasteiger partial charge on any atom is 0.213 e. The van der Waals surface area contributed by atoms with E-state index in [-0.39, 0.29) is 59.6 Å². The van der Waals surface area contributed by atoms with Gasteiger partial charge < -0.3 is 35.6 Å². The van der Waals surface area contributed by atoms with Gasteiger partial charge in [0.15, 0.2) is 22.6 Å². The molecule has 15 aromatic rings. The molecule has 5 saturated heterocycles. The maximum absolute atomic E-state index is 13.9. The van der Waals surface area contributed by atoms with Crippen LogP contribution in [0.25, 0.3) is 45.2 Å². The molecule has 626 valence electrons. The van der Waals surface area contributed by atoms with E-state index in [4.69, 9.17) is 26.8 Å². The molecule has 10 aromatic heterocycles. The van der Waals surface area contributed by atoms with Crippen molar-refractivity contribution in [3.8, 4) is 22.6 Å². The summed E-state index contributed by atoms with van der Waals surface area (Å²) in [6.45, 7) is 12.8. The molecule has 121 heavy (non-hydrogen) atoms. The van der Waals surface area contributed by atoms with E-state index in [0.717, 1.165) is 199 Å². The summed E-state index contributed by atoms with van der Waals surface area (Å²) in [6, 6.07) is 60.5. The predicted molar refractivity (Wildman–Crippen MR) is 473 cm³/mol. The van der Waals surface area contributed by atoms with E-state index in [0.29, 0.717) is 22.4 Å². The van der Waals surface area contributed by atoms with Crippen LogP contribution in [0.15, 0.2) is 240 Å². The van der Waals surface area contributed by atoms with Crippen molar-refractivity contribution in [1.82, 2.24) is 84.3 Å². The lowest BCUT2D eigenvalue weighted by Crippen LogP contribution is -2.43. The smallest absolute Gasteiger partial charge is 0.213 e. The molecule has 5 aromatic carbocycles. The second kappa shape index (κ2) is 41.6. The molecular weight excluding hydrogens is 1720 g/mol. The van der Waals surface area contributed by atoms with Crippen molar-refractivity contribution < 1.29 is 26.3 Å². The minimum atomic E-state index is -0.412. The topological polar surface area (TPSA) is 196 Å². The van der Waals surface area contributed by atoms with Gasteiger partial charge in [-0.3, -0.25) is 0 Å². The van der Waals surface area contributed by atoms with Crippen LogP contribution < -0.4 is 35.6 Å². The number of pyridine rings is 2. The van der Waals surface area contributed by atoms with E-state index in [1.807, 2.05) is 95.6 Å². The van der Waals surface area contributed by atoms with Crippen LogP contribution in [0.4, 0.5) is 49.6 Å². The summed E-state index contributed by atoms with van der Waals surface area (Å²) in [5.74, 6) is 2.74. The van der Waals surface area contributed by atoms with E-state index in [1.54, 1.807) is 112 Å². The molecule has 0 bridgehead atoms. The number of anilines is 4. The van der Waals surface area contributed by atoms with Crippen LogP contribution in [0, 0.1) is 42.0 Å². The number of aromatic nitrogens is 14. The van der Waals surface area contributed by atoms with Crippen molar-refractivity contribution in [2.75, 3.05) is 91.6 Å². The number of nitrogens with one attached hydrogen (secondary N) is 3. The molecule has 1 aliphatic carbocycles. The molecule has 6 aliphatic rings. The molecule has 21 rings (SSSR count). The zero-order chi connectivity index (χ0) is 82.9. The normalized spacial score (nSPS) is 17.0. The van der Waals surface area contributed by atoms with Crippen LogP contribution in [-0.4, -0.2) is 140 Å². The lowest BCUT2D eigenvalue weighted by atomic mass is 9.98. The maximum atomic E-state index is 13.9. The fourth-order valence-electron chi connectivity index (χ4n) is 15.9. The number of aryl methyl sites for hydroxylation is 1. The van der Waals surface area contributed by atoms with Crippen LogP contribution in [0.1, 0.15) is 116 Å². The number of fused-ring (bicyclic) bond motifs is 4. The molecular formula is C90H91Br2Cl2F6N21. The largest absolute Gasteiger partial charge is 0.354 e. The molecule has 0 spiro atoms. The van der Waals surface area contributed by atoms with Crippen LogP contribution >= 0.6 is 55.9 Å². The molecule has 21 nitrogen and oxygen atoms in total. The van der Waals surface area contributed by atoms with E-state index in [1.165, 1.54) is 73.7 Å². The van der Waals surface area contributed by atoms with Gasteiger partial charge in [-0.05, 0) is 252 Å². The second-order valence-corrected chi connectivity index (χ2v) is 31.8. The number of hydrogen-bond acceptors (Lipinski definition) is 17. The van der Waals surface area contributed by atoms with Crippen molar-refractivity contribution in [2.45, 2.75) is 95.2 Å². The molecule has 6 fully saturated rings. The lowest BCUT2D eigenvalue weighted by molar-refractivity contribution is 0.534. The summed E-state index contributed by atoms with van der Waals surface area (Å²) in [4.78, 5) is 34.7. The first-order valence-electron chi connectivity index (χ1n) is 40.5. The molecule has 31 heteroatoms. The Kier molecular flexibility index (Phi) is 29.7. The Balaban J connectivity index is 0.000000123. The Morgan fingerprint density at radius 2 is 0.769 bits per heavy atom. The van der Waals surface area contributed by atoms with Crippen LogP contribution in [0.5, 0.6) is 0 Å². The molecule has 0 radical (unpaired) electrons. The number of benzene rings is 5. The van der Waals surface area contributed by atoms with Crippen molar-refractivity contribution in [2.24, 2.45) is 0 Å². The highest BCUT2D eigenvalue weighted by atomic mass is 79.9. The third-order valence-corrected chi connectivity index (χ3v) is 23.0. The highest BCUT2D eigenvalue weighted by Crippen LogP contribution is 2.40. The van der Waals surface area contributed by atoms with Crippen LogP contribution in [0.3, 0.4) is 0 Å². The van der Waals surface area contributed by atoms with E-state index >= 15 is 0 Å². The van der Waals surface area contributed by atoms with Gasteiger partial charge in [0.05, 0.1) is 54.3 Å². The van der Waals surface area contributed by atoms with Gasteiger partial charge in [0.1, 0.15) is 72.4 Å². The first-order chi connectivity index (χ1) is 58.6. The van der Waals surface area contributed by atoms with Crippen LogP contribution in [-0.2, 0) is 0 Å². The Morgan fingerprint density at radius 1 is 0.364 bits per heavy atom. The summed E-state index contributed by atoms with van der Waals surface area (Å²) in [5.41, 5.74) is 11.1. The van der Waals surface area contributed by atoms with Gasteiger partial charge >= 0.3 is 0 Å². The third kappa shape index (κ3) is 22.1. The number of piperazine rings is 2. The molecule has 5 aliphatic heterocycles. The van der Waals surface area contributed by atoms with Gasteiger partial charge in [0.2, 0.25) is 5.95 Å². The average molecular weight is 1810 g/mol. The number of hydrogen-bond donors (Lipinski definition) is 3. The molecule has 0 amide bonds. The summed E-state index contributed by atoms with van der Waals surface area (Å²) < 4.78 is 88.3. The molecule has 15 heterocycles. The van der Waals surface area contributed by atoms with Crippen LogP contribution in [0.2, 0.25) is 5.15 Å². The lowest BCUT2D eigenvalue weighted by Gasteiger charge is -2.28. The number of halogens is 10. The monoisotopic (exact) mass is 1810 g/mol. The highest BCUT2D eigenvalue weighted by molar-refractivity contribution is 9.10. The van der Waals surface area contributed by atoms with Gasteiger partial charge in [-0.15, -0.1) is 27.7 Å². The second-order valence-electron chi connectivity index (χ2n) is 29.7. The molecule has 3 atom stereocenters. The quantitative estimate of drug-likeness (QED) is 0.0863. The van der Waals surface area contributed by atoms with Gasteiger partial charge in [-0.1, -0.05) is 97.2 Å². The minimum absolute atomic E-state index is 0. The van der Waals surface area contributed by atoms with Crippen molar-refractivity contribution in [1.29, 1.82) is 0 Å². The summed E-state index contributed by atoms with van der Waals surface area (Å²) in [7, 11) is 0. The standard InChI is InChI=1S/C25H26FN7.C22H18F2N4.C16H14BrFN4.C11H13F.C6H3BrClN3.C6H6FN.C4H10N2.ClH/c26-19-5-1-4-18(16-19)21-7-3-13-32(21)25-10-9-23-28-17-22(33(23)30-25)20-6-2-8-24(29-20)31-14-11-27-12-15-31;23-17-6-1-4-15(12-17)19-8-3-11-27(19)22-10-9-21-25-14-20(28(21)26-22)16-5-2-7-18(24)13-16;17-14-10-19-15-6-7-16(20-22(14)15)21-8-2-5-13(21)11-3-1-4-12(18)9-11;12-11-7-3-6-10(8-11)9-4-1-2-5-9;7-4-3-9-6-2-1-5(8)10-11(4)6;1-5-3-2-4-6(7)8-5;1-2-6-4-3-5-1;/h1-2,4-6,8-10,16-17,21,27H,3,7,11-15H2;1-2,4-7,9-10,12-14,19H,3,8,11H2;1,3-4,6-7,9-10,13H,2,5,8H2;3,6-9H,1-2,4-5H2;1-3H;2-4H,1H3;5-6H,1-4H2;1H/t21-;19-;13-;;;;;/m111...../s1. The zero-order valence-electron chi connectivity index (χ0n) is 66.5. The van der Waals surface area contributed by atoms with Crippen molar-refractivity contribution >= 4 is 102 Å². The van der Waals surface area contributed by atoms with Crippen molar-refractivity contribution in [3.05, 3.63) is 308 Å². The number of imidazole rings is 4. The summed E-state index contributed by atoms with van der Waals surface area (Å²) in [5, 5.41) is 28.7.